The molecular weight excluding hydrogens is 224 g/mol. The second-order valence-corrected chi connectivity index (χ2v) is 5.31. The molecule has 98 valence electrons. The van der Waals surface area contributed by atoms with Gasteiger partial charge in [-0.3, -0.25) is 4.79 Å². The van der Waals surface area contributed by atoms with Crippen molar-refractivity contribution in [2.45, 2.75) is 33.1 Å². The van der Waals surface area contributed by atoms with Crippen LogP contribution in [-0.2, 0) is 6.42 Å². The smallest absolute Gasteiger partial charge is 0.253 e. The Hall–Kier alpha value is -1.51. The summed E-state index contributed by atoms with van der Waals surface area (Å²) in [5, 5.41) is 6.35. The predicted molar refractivity (Wildman–Crippen MR) is 75.0 cm³/mol. The zero-order chi connectivity index (χ0) is 13.0. The van der Waals surface area contributed by atoms with E-state index in [0.717, 1.165) is 43.6 Å². The van der Waals surface area contributed by atoms with Gasteiger partial charge in [0.25, 0.3) is 5.91 Å². The van der Waals surface area contributed by atoms with Crippen molar-refractivity contribution in [3.05, 3.63) is 29.3 Å². The fourth-order valence-electron chi connectivity index (χ4n) is 2.27. The second kappa shape index (κ2) is 5.89. The van der Waals surface area contributed by atoms with Gasteiger partial charge in [0.05, 0.1) is 11.3 Å². The molecule has 1 amide bonds. The molecule has 0 aliphatic carbocycles. The molecule has 1 aromatic carbocycles. The fraction of sp³-hybridized carbons (Fsp3) is 0.533. The Morgan fingerprint density at radius 3 is 3.06 bits per heavy atom. The van der Waals surface area contributed by atoms with Crippen molar-refractivity contribution in [1.82, 2.24) is 5.32 Å². The fourth-order valence-corrected chi connectivity index (χ4v) is 2.27. The monoisotopic (exact) mass is 246 g/mol. The second-order valence-electron chi connectivity index (χ2n) is 5.31. The lowest BCUT2D eigenvalue weighted by Crippen LogP contribution is -2.27. The maximum atomic E-state index is 12.1. The van der Waals surface area contributed by atoms with Gasteiger partial charge in [0.15, 0.2) is 0 Å². The number of amides is 1. The number of benzene rings is 1. The van der Waals surface area contributed by atoms with Gasteiger partial charge in [-0.25, -0.2) is 0 Å². The van der Waals surface area contributed by atoms with E-state index in [2.05, 4.69) is 30.5 Å². The molecule has 0 radical (unpaired) electrons. The van der Waals surface area contributed by atoms with Crippen LogP contribution in [0.25, 0.3) is 0 Å². The summed E-state index contributed by atoms with van der Waals surface area (Å²) in [4.78, 5) is 12.1. The van der Waals surface area contributed by atoms with Gasteiger partial charge in [0.1, 0.15) is 0 Å². The molecule has 0 fully saturated rings. The number of carbonyl (C=O) groups excluding carboxylic acids is 1. The number of anilines is 1. The number of rotatable bonds is 4. The third-order valence-corrected chi connectivity index (χ3v) is 3.33. The van der Waals surface area contributed by atoms with Gasteiger partial charge in [-0.2, -0.15) is 0 Å². The molecule has 1 aliphatic heterocycles. The first-order valence-electron chi connectivity index (χ1n) is 6.82. The van der Waals surface area contributed by atoms with E-state index in [0.29, 0.717) is 5.92 Å². The number of aryl methyl sites for hydroxylation is 1. The quantitative estimate of drug-likeness (QED) is 0.857. The van der Waals surface area contributed by atoms with Gasteiger partial charge in [-0.1, -0.05) is 26.0 Å². The first-order chi connectivity index (χ1) is 8.68. The summed E-state index contributed by atoms with van der Waals surface area (Å²) in [6.45, 7) is 6.04. The molecule has 0 spiro atoms. The summed E-state index contributed by atoms with van der Waals surface area (Å²) in [6, 6.07) is 5.98. The zero-order valence-corrected chi connectivity index (χ0v) is 11.3. The Labute approximate surface area is 109 Å². The highest BCUT2D eigenvalue weighted by Gasteiger charge is 2.16. The average Bonchev–Trinajstić information content (AvgIpc) is 2.37. The van der Waals surface area contributed by atoms with Crippen molar-refractivity contribution >= 4 is 11.6 Å². The zero-order valence-electron chi connectivity index (χ0n) is 11.3. The number of carbonyl (C=O) groups is 1. The molecule has 2 N–H and O–H groups in total. The predicted octanol–water partition coefficient (Wildman–Crippen LogP) is 2.82. The Morgan fingerprint density at radius 2 is 2.28 bits per heavy atom. The average molecular weight is 246 g/mol. The highest BCUT2D eigenvalue weighted by molar-refractivity contribution is 6.00. The van der Waals surface area contributed by atoms with Crippen LogP contribution in [0.5, 0.6) is 0 Å². The Bertz CT molecular complexity index is 427. The molecule has 2 rings (SSSR count). The molecule has 1 aliphatic rings. The lowest BCUT2D eigenvalue weighted by Gasteiger charge is -2.20. The topological polar surface area (TPSA) is 41.1 Å². The summed E-state index contributed by atoms with van der Waals surface area (Å²) in [7, 11) is 0. The maximum Gasteiger partial charge on any atom is 0.253 e. The molecular formula is C15H22N2O. The van der Waals surface area contributed by atoms with Crippen LogP contribution in [0.15, 0.2) is 18.2 Å². The van der Waals surface area contributed by atoms with Crippen LogP contribution in [0, 0.1) is 5.92 Å². The highest BCUT2D eigenvalue weighted by Crippen LogP contribution is 2.25. The van der Waals surface area contributed by atoms with Crippen LogP contribution < -0.4 is 10.6 Å². The van der Waals surface area contributed by atoms with E-state index < -0.39 is 0 Å². The summed E-state index contributed by atoms with van der Waals surface area (Å²) in [5.74, 6) is 0.662. The number of hydrogen-bond acceptors (Lipinski definition) is 2. The first-order valence-corrected chi connectivity index (χ1v) is 6.82. The van der Waals surface area contributed by atoms with Crippen molar-refractivity contribution in [3.8, 4) is 0 Å². The van der Waals surface area contributed by atoms with Gasteiger partial charge >= 0.3 is 0 Å². The van der Waals surface area contributed by atoms with Gasteiger partial charge in [0.2, 0.25) is 0 Å². The van der Waals surface area contributed by atoms with E-state index in [-0.39, 0.29) is 5.91 Å². The van der Waals surface area contributed by atoms with E-state index in [1.54, 1.807) is 0 Å². The third kappa shape index (κ3) is 3.03. The number of para-hydroxylation sites is 1. The number of nitrogens with one attached hydrogen (secondary N) is 2. The lowest BCUT2D eigenvalue weighted by molar-refractivity contribution is 0.0952. The summed E-state index contributed by atoms with van der Waals surface area (Å²) in [5.41, 5.74) is 3.08. The van der Waals surface area contributed by atoms with Gasteiger partial charge in [-0.05, 0) is 36.8 Å². The molecule has 18 heavy (non-hydrogen) atoms. The Balaban J connectivity index is 2.06. The number of hydrogen-bond donors (Lipinski definition) is 2. The minimum atomic E-state index is 0.0434. The molecule has 3 heteroatoms. The molecule has 0 atom stereocenters. The molecule has 1 heterocycles. The summed E-state index contributed by atoms with van der Waals surface area (Å²) < 4.78 is 0. The molecule has 0 unspecified atom stereocenters. The van der Waals surface area contributed by atoms with Crippen molar-refractivity contribution in [2.75, 3.05) is 18.4 Å². The molecule has 0 saturated heterocycles. The lowest BCUT2D eigenvalue weighted by atomic mass is 9.99. The minimum Gasteiger partial charge on any atom is -0.384 e. The number of fused-ring (bicyclic) bond motifs is 1. The summed E-state index contributed by atoms with van der Waals surface area (Å²) >= 11 is 0. The van der Waals surface area contributed by atoms with Crippen molar-refractivity contribution in [1.29, 1.82) is 0 Å². The largest absolute Gasteiger partial charge is 0.384 e. The molecule has 0 saturated carbocycles. The first kappa shape index (κ1) is 12.9. The molecule has 0 bridgehead atoms. The SMILES string of the molecule is CC(C)CCNC(=O)c1cccc2c1NCCC2. The van der Waals surface area contributed by atoms with Gasteiger partial charge in [-0.15, -0.1) is 0 Å². The van der Waals surface area contributed by atoms with Crippen molar-refractivity contribution in [2.24, 2.45) is 5.92 Å². The van der Waals surface area contributed by atoms with Crippen molar-refractivity contribution < 1.29 is 4.79 Å². The molecule has 3 nitrogen and oxygen atoms in total. The Kier molecular flexibility index (Phi) is 4.24. The van der Waals surface area contributed by atoms with Crippen LogP contribution in [0.3, 0.4) is 0 Å². The van der Waals surface area contributed by atoms with Crippen LogP contribution in [-0.4, -0.2) is 19.0 Å². The maximum absolute atomic E-state index is 12.1. The third-order valence-electron chi connectivity index (χ3n) is 3.33. The van der Waals surface area contributed by atoms with Crippen molar-refractivity contribution in [3.63, 3.8) is 0 Å². The van der Waals surface area contributed by atoms with Gasteiger partial charge < -0.3 is 10.6 Å². The summed E-state index contributed by atoms with van der Waals surface area (Å²) in [6.07, 6.45) is 3.23. The Morgan fingerprint density at radius 1 is 1.44 bits per heavy atom. The van der Waals surface area contributed by atoms with Gasteiger partial charge in [0, 0.05) is 13.1 Å². The normalized spacial score (nSPS) is 13.9. The minimum absolute atomic E-state index is 0.0434. The molecule has 1 aromatic rings. The van der Waals surface area contributed by atoms with Crippen LogP contribution in [0.4, 0.5) is 5.69 Å². The van der Waals surface area contributed by atoms with E-state index in [1.165, 1.54) is 5.56 Å². The standard InChI is InChI=1S/C15H22N2O/c1-11(2)8-10-17-15(18)13-7-3-5-12-6-4-9-16-14(12)13/h3,5,7,11,16H,4,6,8-10H2,1-2H3,(H,17,18). The van der Waals surface area contributed by atoms with E-state index >= 15 is 0 Å². The van der Waals surface area contributed by atoms with E-state index in [1.807, 2.05) is 12.1 Å². The molecule has 0 aromatic heterocycles. The van der Waals surface area contributed by atoms with E-state index in [4.69, 9.17) is 0 Å². The van der Waals surface area contributed by atoms with Crippen LogP contribution in [0.1, 0.15) is 42.6 Å². The van der Waals surface area contributed by atoms with E-state index in [9.17, 15) is 4.79 Å². The highest BCUT2D eigenvalue weighted by atomic mass is 16.1. The van der Waals surface area contributed by atoms with Crippen LogP contribution >= 0.6 is 0 Å². The van der Waals surface area contributed by atoms with Crippen LogP contribution in [0.2, 0.25) is 0 Å².